The van der Waals surface area contributed by atoms with Crippen molar-refractivity contribution in [2.45, 2.75) is 12.8 Å². The van der Waals surface area contributed by atoms with E-state index in [2.05, 4.69) is 11.0 Å². The van der Waals surface area contributed by atoms with Crippen LogP contribution in [0.25, 0.3) is 0 Å². The van der Waals surface area contributed by atoms with E-state index in [0.29, 0.717) is 31.7 Å². The standard InChI is InChI=1S/C22H24FN3O2/c23-19-8-6-18(7-9-19)22(28)25-12-3-11-24(14-15-25)16-21(27)26-13-10-17-4-1-2-5-20(17)26/h1-2,4-9H,3,10-16H2. The number of halogens is 1. The highest BCUT2D eigenvalue weighted by Crippen LogP contribution is 2.27. The SMILES string of the molecule is O=C(c1ccc(F)cc1)N1CCCN(CC(=O)N2CCc3ccccc32)CC1. The van der Waals surface area contributed by atoms with Crippen LogP contribution >= 0.6 is 0 Å². The predicted octanol–water partition coefficient (Wildman–Crippen LogP) is 2.56. The second-order valence-electron chi connectivity index (χ2n) is 7.35. The summed E-state index contributed by atoms with van der Waals surface area (Å²) >= 11 is 0. The van der Waals surface area contributed by atoms with Gasteiger partial charge in [-0.15, -0.1) is 0 Å². The van der Waals surface area contributed by atoms with E-state index in [4.69, 9.17) is 0 Å². The van der Waals surface area contributed by atoms with E-state index < -0.39 is 0 Å². The largest absolute Gasteiger partial charge is 0.337 e. The van der Waals surface area contributed by atoms with E-state index in [9.17, 15) is 14.0 Å². The molecule has 0 bridgehead atoms. The normalized spacial score (nSPS) is 17.3. The van der Waals surface area contributed by atoms with Gasteiger partial charge in [0, 0.05) is 44.0 Å². The Kier molecular flexibility index (Phi) is 5.39. The Hall–Kier alpha value is -2.73. The molecule has 2 aromatic carbocycles. The molecule has 2 aliphatic heterocycles. The predicted molar refractivity (Wildman–Crippen MR) is 106 cm³/mol. The van der Waals surface area contributed by atoms with Gasteiger partial charge in [0.05, 0.1) is 6.54 Å². The van der Waals surface area contributed by atoms with E-state index in [-0.39, 0.29) is 17.6 Å². The van der Waals surface area contributed by atoms with Gasteiger partial charge in [0.15, 0.2) is 0 Å². The van der Waals surface area contributed by atoms with Crippen molar-refractivity contribution in [1.82, 2.24) is 9.80 Å². The van der Waals surface area contributed by atoms with Crippen molar-refractivity contribution >= 4 is 17.5 Å². The number of para-hydroxylation sites is 1. The number of carbonyl (C=O) groups is 2. The Morgan fingerprint density at radius 2 is 1.68 bits per heavy atom. The lowest BCUT2D eigenvalue weighted by molar-refractivity contribution is -0.119. The molecule has 1 fully saturated rings. The fraction of sp³-hybridized carbons (Fsp3) is 0.364. The molecule has 6 heteroatoms. The molecule has 4 rings (SSSR count). The average molecular weight is 381 g/mol. The van der Waals surface area contributed by atoms with Gasteiger partial charge in [-0.25, -0.2) is 4.39 Å². The molecule has 2 aromatic rings. The van der Waals surface area contributed by atoms with E-state index >= 15 is 0 Å². The molecule has 2 amide bonds. The smallest absolute Gasteiger partial charge is 0.253 e. The van der Waals surface area contributed by atoms with E-state index in [1.807, 2.05) is 23.1 Å². The number of hydrogen-bond donors (Lipinski definition) is 0. The Balaban J connectivity index is 1.35. The number of amides is 2. The number of nitrogens with zero attached hydrogens (tertiary/aromatic N) is 3. The summed E-state index contributed by atoms with van der Waals surface area (Å²) in [6.45, 7) is 3.77. The zero-order valence-corrected chi connectivity index (χ0v) is 15.8. The Bertz CT molecular complexity index is 868. The molecule has 0 atom stereocenters. The van der Waals surface area contributed by atoms with Crippen LogP contribution in [0.2, 0.25) is 0 Å². The van der Waals surface area contributed by atoms with Crippen molar-refractivity contribution in [1.29, 1.82) is 0 Å². The van der Waals surface area contributed by atoms with Crippen LogP contribution in [0.4, 0.5) is 10.1 Å². The van der Waals surface area contributed by atoms with Crippen molar-refractivity contribution in [2.24, 2.45) is 0 Å². The van der Waals surface area contributed by atoms with Crippen molar-refractivity contribution in [2.75, 3.05) is 44.2 Å². The number of carbonyl (C=O) groups excluding carboxylic acids is 2. The Labute approximate surface area is 164 Å². The highest BCUT2D eigenvalue weighted by molar-refractivity contribution is 5.97. The Morgan fingerprint density at radius 3 is 2.50 bits per heavy atom. The molecule has 5 nitrogen and oxygen atoms in total. The molecule has 28 heavy (non-hydrogen) atoms. The van der Waals surface area contributed by atoms with Crippen molar-refractivity contribution in [3.8, 4) is 0 Å². The third-order valence-corrected chi connectivity index (χ3v) is 5.51. The number of fused-ring (bicyclic) bond motifs is 1. The van der Waals surface area contributed by atoms with Crippen LogP contribution in [-0.2, 0) is 11.2 Å². The molecule has 0 spiro atoms. The number of rotatable bonds is 3. The first kappa shape index (κ1) is 18.6. The quantitative estimate of drug-likeness (QED) is 0.821. The van der Waals surface area contributed by atoms with E-state index in [0.717, 1.165) is 31.6 Å². The highest BCUT2D eigenvalue weighted by Gasteiger charge is 2.27. The van der Waals surface area contributed by atoms with Gasteiger partial charge >= 0.3 is 0 Å². The van der Waals surface area contributed by atoms with Crippen LogP contribution in [0.3, 0.4) is 0 Å². The van der Waals surface area contributed by atoms with E-state index in [1.54, 1.807) is 4.90 Å². The van der Waals surface area contributed by atoms with E-state index in [1.165, 1.54) is 29.8 Å². The highest BCUT2D eigenvalue weighted by atomic mass is 19.1. The van der Waals surface area contributed by atoms with Gasteiger partial charge in [-0.05, 0) is 48.7 Å². The lowest BCUT2D eigenvalue weighted by atomic mass is 10.2. The summed E-state index contributed by atoms with van der Waals surface area (Å²) in [5.41, 5.74) is 2.75. The molecule has 0 unspecified atom stereocenters. The maximum atomic E-state index is 13.1. The lowest BCUT2D eigenvalue weighted by Gasteiger charge is -2.24. The van der Waals surface area contributed by atoms with Gasteiger partial charge in [-0.1, -0.05) is 18.2 Å². The second kappa shape index (κ2) is 8.10. The molecule has 0 aliphatic carbocycles. The maximum Gasteiger partial charge on any atom is 0.253 e. The lowest BCUT2D eigenvalue weighted by Crippen LogP contribution is -2.41. The van der Waals surface area contributed by atoms with Gasteiger partial charge in [-0.3, -0.25) is 14.5 Å². The van der Waals surface area contributed by atoms with Crippen LogP contribution < -0.4 is 4.90 Å². The van der Waals surface area contributed by atoms with Gasteiger partial charge in [-0.2, -0.15) is 0 Å². The topological polar surface area (TPSA) is 43.9 Å². The molecule has 2 aliphatic rings. The van der Waals surface area contributed by atoms with Crippen LogP contribution in [0.15, 0.2) is 48.5 Å². The summed E-state index contributed by atoms with van der Waals surface area (Å²) < 4.78 is 13.1. The molecule has 0 saturated carbocycles. The Morgan fingerprint density at radius 1 is 0.893 bits per heavy atom. The third-order valence-electron chi connectivity index (χ3n) is 5.51. The third kappa shape index (κ3) is 3.92. The van der Waals surface area contributed by atoms with Crippen LogP contribution in [0.1, 0.15) is 22.3 Å². The molecule has 1 saturated heterocycles. The summed E-state index contributed by atoms with van der Waals surface area (Å²) in [7, 11) is 0. The minimum Gasteiger partial charge on any atom is -0.337 e. The number of benzene rings is 2. The average Bonchev–Trinajstić information content (AvgIpc) is 3.01. The first-order valence-electron chi connectivity index (χ1n) is 9.77. The summed E-state index contributed by atoms with van der Waals surface area (Å²) in [6, 6.07) is 13.7. The zero-order chi connectivity index (χ0) is 19.5. The first-order chi connectivity index (χ1) is 13.6. The molecule has 0 aromatic heterocycles. The summed E-state index contributed by atoms with van der Waals surface area (Å²) in [5.74, 6) is -0.314. The van der Waals surface area contributed by atoms with Crippen molar-refractivity contribution in [3.63, 3.8) is 0 Å². The van der Waals surface area contributed by atoms with Crippen LogP contribution in [0.5, 0.6) is 0 Å². The van der Waals surface area contributed by atoms with Crippen molar-refractivity contribution < 1.29 is 14.0 Å². The van der Waals surface area contributed by atoms with Gasteiger partial charge in [0.2, 0.25) is 5.91 Å². The molecule has 2 heterocycles. The molecule has 146 valence electrons. The summed E-state index contributed by atoms with van der Waals surface area (Å²) in [5, 5.41) is 0. The van der Waals surface area contributed by atoms with Gasteiger partial charge < -0.3 is 9.80 Å². The zero-order valence-electron chi connectivity index (χ0n) is 15.8. The molecular formula is C22H24FN3O2. The minimum atomic E-state index is -0.347. The first-order valence-corrected chi connectivity index (χ1v) is 9.77. The van der Waals surface area contributed by atoms with Gasteiger partial charge in [0.1, 0.15) is 5.82 Å². The second-order valence-corrected chi connectivity index (χ2v) is 7.35. The van der Waals surface area contributed by atoms with Crippen LogP contribution in [0, 0.1) is 5.82 Å². The monoisotopic (exact) mass is 381 g/mol. The minimum absolute atomic E-state index is 0.0818. The van der Waals surface area contributed by atoms with Crippen molar-refractivity contribution in [3.05, 3.63) is 65.5 Å². The number of hydrogen-bond acceptors (Lipinski definition) is 3. The fourth-order valence-corrected chi connectivity index (χ4v) is 3.98. The maximum absolute atomic E-state index is 13.1. The molecular weight excluding hydrogens is 357 g/mol. The number of anilines is 1. The van der Waals surface area contributed by atoms with Crippen LogP contribution in [-0.4, -0.2) is 60.9 Å². The molecule has 0 radical (unpaired) electrons. The van der Waals surface area contributed by atoms with Gasteiger partial charge in [0.25, 0.3) is 5.91 Å². The summed E-state index contributed by atoms with van der Waals surface area (Å²) in [4.78, 5) is 31.3. The fourth-order valence-electron chi connectivity index (χ4n) is 3.98. The summed E-state index contributed by atoms with van der Waals surface area (Å²) in [6.07, 6.45) is 1.72. The molecule has 0 N–H and O–H groups in total.